The van der Waals surface area contributed by atoms with Crippen molar-refractivity contribution in [2.75, 3.05) is 20.3 Å². The Hall–Kier alpha value is -3.48. The Morgan fingerprint density at radius 2 is 1.90 bits per heavy atom. The van der Waals surface area contributed by atoms with Crippen molar-refractivity contribution in [2.24, 2.45) is 5.92 Å². The summed E-state index contributed by atoms with van der Waals surface area (Å²) >= 11 is 0. The Labute approximate surface area is 167 Å². The summed E-state index contributed by atoms with van der Waals surface area (Å²) in [6.07, 6.45) is 1.34. The molecule has 2 aromatic carbocycles. The second kappa shape index (κ2) is 8.68. The fraction of sp³-hybridized carbons (Fsp3) is 0.273. The van der Waals surface area contributed by atoms with Gasteiger partial charge in [0, 0.05) is 18.7 Å². The molecule has 0 saturated heterocycles. The summed E-state index contributed by atoms with van der Waals surface area (Å²) in [6, 6.07) is 9.72. The average molecular weight is 397 g/mol. The van der Waals surface area contributed by atoms with E-state index in [1.807, 2.05) is 13.8 Å². The summed E-state index contributed by atoms with van der Waals surface area (Å²) < 4.78 is 16.1. The Morgan fingerprint density at radius 1 is 1.17 bits per heavy atom. The van der Waals surface area contributed by atoms with E-state index in [4.69, 9.17) is 13.9 Å². The SMILES string of the molecule is COc1ccc(-c2coc3cc(OCC(=O)NCC(C)C)cc(O)c3c2=O)cc1. The van der Waals surface area contributed by atoms with Crippen LogP contribution in [0, 0.1) is 5.92 Å². The number of hydrogen-bond acceptors (Lipinski definition) is 6. The molecule has 0 fully saturated rings. The van der Waals surface area contributed by atoms with Gasteiger partial charge in [-0.15, -0.1) is 0 Å². The molecule has 0 aliphatic rings. The smallest absolute Gasteiger partial charge is 0.257 e. The molecule has 29 heavy (non-hydrogen) atoms. The number of aromatic hydroxyl groups is 1. The average Bonchev–Trinajstić information content (AvgIpc) is 2.71. The summed E-state index contributed by atoms with van der Waals surface area (Å²) in [6.45, 7) is 4.33. The predicted octanol–water partition coefficient (Wildman–Crippen LogP) is 3.33. The molecular formula is C22H23NO6. The first-order valence-electron chi connectivity index (χ1n) is 9.21. The normalized spacial score (nSPS) is 10.9. The third-order valence-electron chi connectivity index (χ3n) is 4.31. The lowest BCUT2D eigenvalue weighted by Crippen LogP contribution is -2.31. The van der Waals surface area contributed by atoms with E-state index in [9.17, 15) is 14.7 Å². The molecule has 3 aromatic rings. The van der Waals surface area contributed by atoms with Crippen LogP contribution in [0.4, 0.5) is 0 Å². The zero-order valence-electron chi connectivity index (χ0n) is 16.5. The first kappa shape index (κ1) is 20.3. The summed E-state index contributed by atoms with van der Waals surface area (Å²) in [5.41, 5.74) is 0.764. The van der Waals surface area contributed by atoms with Crippen molar-refractivity contribution in [3.8, 4) is 28.4 Å². The number of carbonyl (C=O) groups excluding carboxylic acids is 1. The standard InChI is InChI=1S/C22H23NO6/c1-13(2)10-23-20(25)12-28-16-8-18(24)21-19(9-16)29-11-17(22(21)26)14-4-6-15(27-3)7-5-14/h4-9,11,13,24H,10,12H2,1-3H3,(H,23,25). The minimum atomic E-state index is -0.366. The number of nitrogens with one attached hydrogen (secondary N) is 1. The molecule has 3 rings (SSSR count). The van der Waals surface area contributed by atoms with E-state index < -0.39 is 0 Å². The molecule has 7 heteroatoms. The number of benzene rings is 2. The van der Waals surface area contributed by atoms with Crippen LogP contribution in [0.5, 0.6) is 17.2 Å². The Kier molecular flexibility index (Phi) is 6.07. The topological polar surface area (TPSA) is 98.0 Å². The van der Waals surface area contributed by atoms with Crippen molar-refractivity contribution in [1.82, 2.24) is 5.32 Å². The molecule has 0 spiro atoms. The van der Waals surface area contributed by atoms with Crippen LogP contribution in [0.15, 0.2) is 51.9 Å². The molecular weight excluding hydrogens is 374 g/mol. The van der Waals surface area contributed by atoms with E-state index in [-0.39, 0.29) is 40.4 Å². The number of ether oxygens (including phenoxy) is 2. The van der Waals surface area contributed by atoms with E-state index in [2.05, 4.69) is 5.32 Å². The van der Waals surface area contributed by atoms with Gasteiger partial charge >= 0.3 is 0 Å². The van der Waals surface area contributed by atoms with Gasteiger partial charge in [0.25, 0.3) is 5.91 Å². The summed E-state index contributed by atoms with van der Waals surface area (Å²) in [4.78, 5) is 24.7. The molecule has 1 amide bonds. The quantitative estimate of drug-likeness (QED) is 0.635. The van der Waals surface area contributed by atoms with Gasteiger partial charge in [0.2, 0.25) is 5.43 Å². The highest BCUT2D eigenvalue weighted by Gasteiger charge is 2.15. The number of phenolic OH excluding ortho intramolecular Hbond substituents is 1. The molecule has 0 saturated carbocycles. The number of hydrogen-bond donors (Lipinski definition) is 2. The molecule has 2 N–H and O–H groups in total. The van der Waals surface area contributed by atoms with Gasteiger partial charge in [-0.2, -0.15) is 0 Å². The number of amides is 1. The maximum absolute atomic E-state index is 12.9. The number of phenols is 1. The highest BCUT2D eigenvalue weighted by atomic mass is 16.5. The van der Waals surface area contributed by atoms with E-state index in [1.165, 1.54) is 18.4 Å². The van der Waals surface area contributed by atoms with Crippen molar-refractivity contribution in [3.05, 3.63) is 52.9 Å². The van der Waals surface area contributed by atoms with Gasteiger partial charge in [-0.05, 0) is 23.6 Å². The molecule has 1 heterocycles. The van der Waals surface area contributed by atoms with Crippen LogP contribution in [0.3, 0.4) is 0 Å². The zero-order chi connectivity index (χ0) is 21.0. The van der Waals surface area contributed by atoms with Gasteiger partial charge in [0.1, 0.15) is 34.5 Å². The van der Waals surface area contributed by atoms with Gasteiger partial charge in [-0.25, -0.2) is 0 Å². The van der Waals surface area contributed by atoms with Crippen LogP contribution in [0.1, 0.15) is 13.8 Å². The van der Waals surface area contributed by atoms with Gasteiger partial charge in [0.05, 0.1) is 12.7 Å². The summed E-state index contributed by atoms with van der Waals surface area (Å²) in [5.74, 6) is 0.688. The first-order valence-corrected chi connectivity index (χ1v) is 9.21. The van der Waals surface area contributed by atoms with Gasteiger partial charge < -0.3 is 24.3 Å². The van der Waals surface area contributed by atoms with E-state index in [0.29, 0.717) is 29.3 Å². The Morgan fingerprint density at radius 3 is 2.55 bits per heavy atom. The maximum atomic E-state index is 12.9. The third-order valence-corrected chi connectivity index (χ3v) is 4.31. The van der Waals surface area contributed by atoms with Crippen LogP contribution in [-0.2, 0) is 4.79 Å². The lowest BCUT2D eigenvalue weighted by atomic mass is 10.0. The number of rotatable bonds is 7. The molecule has 0 unspecified atom stereocenters. The van der Waals surface area contributed by atoms with Crippen molar-refractivity contribution >= 4 is 16.9 Å². The first-order chi connectivity index (χ1) is 13.9. The van der Waals surface area contributed by atoms with E-state index in [1.54, 1.807) is 31.4 Å². The minimum absolute atomic E-state index is 0.0509. The molecule has 1 aromatic heterocycles. The fourth-order valence-corrected chi connectivity index (χ4v) is 2.78. The van der Waals surface area contributed by atoms with Crippen LogP contribution < -0.4 is 20.2 Å². The molecule has 7 nitrogen and oxygen atoms in total. The maximum Gasteiger partial charge on any atom is 0.257 e. The molecule has 0 aliphatic heterocycles. The minimum Gasteiger partial charge on any atom is -0.507 e. The number of fused-ring (bicyclic) bond motifs is 1. The summed E-state index contributed by atoms with van der Waals surface area (Å²) in [5, 5.41) is 13.2. The second-order valence-electron chi connectivity index (χ2n) is 7.01. The van der Waals surface area contributed by atoms with Gasteiger partial charge in [0.15, 0.2) is 6.61 Å². The fourth-order valence-electron chi connectivity index (χ4n) is 2.78. The molecule has 0 bridgehead atoms. The van der Waals surface area contributed by atoms with E-state index in [0.717, 1.165) is 0 Å². The predicted molar refractivity (Wildman–Crippen MR) is 109 cm³/mol. The molecule has 0 radical (unpaired) electrons. The van der Waals surface area contributed by atoms with Crippen molar-refractivity contribution in [3.63, 3.8) is 0 Å². The van der Waals surface area contributed by atoms with Crippen LogP contribution >= 0.6 is 0 Å². The lowest BCUT2D eigenvalue weighted by Gasteiger charge is -2.10. The van der Waals surface area contributed by atoms with Gasteiger partial charge in [-0.3, -0.25) is 9.59 Å². The molecule has 152 valence electrons. The summed E-state index contributed by atoms with van der Waals surface area (Å²) in [7, 11) is 1.56. The highest BCUT2D eigenvalue weighted by Crippen LogP contribution is 2.30. The second-order valence-corrected chi connectivity index (χ2v) is 7.01. The van der Waals surface area contributed by atoms with Crippen LogP contribution in [0.2, 0.25) is 0 Å². The monoisotopic (exact) mass is 397 g/mol. The highest BCUT2D eigenvalue weighted by molar-refractivity contribution is 5.88. The molecule has 0 atom stereocenters. The molecule has 0 aliphatic carbocycles. The van der Waals surface area contributed by atoms with Gasteiger partial charge in [-0.1, -0.05) is 26.0 Å². The number of carbonyl (C=O) groups is 1. The largest absolute Gasteiger partial charge is 0.507 e. The third kappa shape index (κ3) is 4.68. The Bertz CT molecular complexity index is 1070. The van der Waals surface area contributed by atoms with Crippen LogP contribution in [-0.4, -0.2) is 31.3 Å². The number of methoxy groups -OCH3 is 1. The van der Waals surface area contributed by atoms with Crippen molar-refractivity contribution in [1.29, 1.82) is 0 Å². The van der Waals surface area contributed by atoms with Crippen LogP contribution in [0.25, 0.3) is 22.1 Å². The van der Waals surface area contributed by atoms with Crippen molar-refractivity contribution < 1.29 is 23.8 Å². The van der Waals surface area contributed by atoms with Crippen molar-refractivity contribution in [2.45, 2.75) is 13.8 Å². The zero-order valence-corrected chi connectivity index (χ0v) is 16.5. The Balaban J connectivity index is 1.85. The lowest BCUT2D eigenvalue weighted by molar-refractivity contribution is -0.123. The van der Waals surface area contributed by atoms with E-state index >= 15 is 0 Å².